The summed E-state index contributed by atoms with van der Waals surface area (Å²) in [5.41, 5.74) is 0.372. The van der Waals surface area contributed by atoms with Crippen molar-refractivity contribution >= 4 is 0 Å². The standard InChI is InChI=1S/C13H18N4O2/c1-2-8-14-9-4-7-12-16-17-13(19-12)10-5-3-6-11(18)15-10/h3,5-6,14H,2,4,7-9H2,1H3,(H,15,18). The first kappa shape index (κ1) is 13.5. The Bertz CT molecular complexity index is 562. The molecule has 0 radical (unpaired) electrons. The number of rotatable bonds is 7. The molecule has 2 rings (SSSR count). The van der Waals surface area contributed by atoms with Gasteiger partial charge in [0.2, 0.25) is 11.4 Å². The van der Waals surface area contributed by atoms with Crippen LogP contribution in [0, 0.1) is 0 Å². The molecule has 0 saturated carbocycles. The second-order valence-electron chi connectivity index (χ2n) is 4.28. The van der Waals surface area contributed by atoms with Crippen LogP contribution in [-0.4, -0.2) is 28.3 Å². The quantitative estimate of drug-likeness (QED) is 0.736. The molecular formula is C13H18N4O2. The van der Waals surface area contributed by atoms with Gasteiger partial charge in [0.15, 0.2) is 0 Å². The molecule has 0 bridgehead atoms. The SMILES string of the molecule is CCCNCCCc1nnc(-c2cccc(=O)[nH]2)o1. The van der Waals surface area contributed by atoms with Crippen molar-refractivity contribution in [3.8, 4) is 11.6 Å². The van der Waals surface area contributed by atoms with Crippen molar-refractivity contribution in [3.05, 3.63) is 34.4 Å². The van der Waals surface area contributed by atoms with E-state index in [0.717, 1.165) is 32.4 Å². The highest BCUT2D eigenvalue weighted by molar-refractivity contribution is 5.44. The average molecular weight is 262 g/mol. The number of nitrogens with zero attached hydrogens (tertiary/aromatic N) is 2. The van der Waals surface area contributed by atoms with Crippen LogP contribution in [0.25, 0.3) is 11.6 Å². The van der Waals surface area contributed by atoms with Gasteiger partial charge in [0.05, 0.1) is 0 Å². The molecule has 0 atom stereocenters. The minimum absolute atomic E-state index is 0.180. The molecule has 2 heterocycles. The van der Waals surface area contributed by atoms with E-state index < -0.39 is 0 Å². The fourth-order valence-corrected chi connectivity index (χ4v) is 1.70. The van der Waals surface area contributed by atoms with Crippen LogP contribution in [0.4, 0.5) is 0 Å². The molecule has 0 unspecified atom stereocenters. The lowest BCUT2D eigenvalue weighted by molar-refractivity contribution is 0.490. The van der Waals surface area contributed by atoms with E-state index in [9.17, 15) is 4.79 Å². The van der Waals surface area contributed by atoms with E-state index in [-0.39, 0.29) is 5.56 Å². The fourth-order valence-electron chi connectivity index (χ4n) is 1.70. The lowest BCUT2D eigenvalue weighted by Crippen LogP contribution is -2.16. The Kier molecular flexibility index (Phi) is 4.85. The summed E-state index contributed by atoms with van der Waals surface area (Å²) in [6.07, 6.45) is 2.82. The van der Waals surface area contributed by atoms with Gasteiger partial charge in [0.25, 0.3) is 5.89 Å². The Balaban J connectivity index is 1.90. The number of H-pyrrole nitrogens is 1. The first-order chi connectivity index (χ1) is 9.29. The molecule has 0 aromatic carbocycles. The zero-order valence-electron chi connectivity index (χ0n) is 11.0. The highest BCUT2D eigenvalue weighted by atomic mass is 16.4. The maximum atomic E-state index is 11.2. The van der Waals surface area contributed by atoms with E-state index in [0.29, 0.717) is 17.5 Å². The van der Waals surface area contributed by atoms with E-state index in [2.05, 4.69) is 27.4 Å². The van der Waals surface area contributed by atoms with Crippen molar-refractivity contribution in [3.63, 3.8) is 0 Å². The molecule has 19 heavy (non-hydrogen) atoms. The van der Waals surface area contributed by atoms with Crippen molar-refractivity contribution in [1.29, 1.82) is 0 Å². The van der Waals surface area contributed by atoms with Crippen molar-refractivity contribution < 1.29 is 4.42 Å². The molecule has 0 fully saturated rings. The second-order valence-corrected chi connectivity index (χ2v) is 4.28. The second kappa shape index (κ2) is 6.84. The molecule has 0 aliphatic heterocycles. The number of hydrogen-bond acceptors (Lipinski definition) is 5. The molecule has 2 N–H and O–H groups in total. The molecule has 0 spiro atoms. The van der Waals surface area contributed by atoms with Gasteiger partial charge < -0.3 is 14.7 Å². The van der Waals surface area contributed by atoms with Gasteiger partial charge in [-0.15, -0.1) is 10.2 Å². The summed E-state index contributed by atoms with van der Waals surface area (Å²) in [6.45, 7) is 4.10. The Morgan fingerprint density at radius 1 is 1.32 bits per heavy atom. The Morgan fingerprint density at radius 3 is 3.00 bits per heavy atom. The number of aryl methyl sites for hydroxylation is 1. The highest BCUT2D eigenvalue weighted by Crippen LogP contribution is 2.13. The third kappa shape index (κ3) is 4.03. The monoisotopic (exact) mass is 262 g/mol. The Morgan fingerprint density at radius 2 is 2.21 bits per heavy atom. The number of hydrogen-bond donors (Lipinski definition) is 2. The van der Waals surface area contributed by atoms with Crippen molar-refractivity contribution in [2.75, 3.05) is 13.1 Å². The minimum atomic E-state index is -0.180. The summed E-state index contributed by atoms with van der Waals surface area (Å²) >= 11 is 0. The average Bonchev–Trinajstić information content (AvgIpc) is 2.87. The molecule has 102 valence electrons. The highest BCUT2D eigenvalue weighted by Gasteiger charge is 2.08. The van der Waals surface area contributed by atoms with Crippen molar-refractivity contribution in [2.45, 2.75) is 26.2 Å². The molecule has 6 nitrogen and oxygen atoms in total. The third-order valence-electron chi connectivity index (χ3n) is 2.64. The van der Waals surface area contributed by atoms with Crippen molar-refractivity contribution in [2.24, 2.45) is 0 Å². The van der Waals surface area contributed by atoms with Crippen LogP contribution in [-0.2, 0) is 6.42 Å². The van der Waals surface area contributed by atoms with Gasteiger partial charge in [-0.25, -0.2) is 0 Å². The fraction of sp³-hybridized carbons (Fsp3) is 0.462. The predicted molar refractivity (Wildman–Crippen MR) is 71.8 cm³/mol. The van der Waals surface area contributed by atoms with E-state index >= 15 is 0 Å². The minimum Gasteiger partial charge on any atom is -0.419 e. The number of aromatic nitrogens is 3. The van der Waals surface area contributed by atoms with Crippen molar-refractivity contribution in [1.82, 2.24) is 20.5 Å². The maximum absolute atomic E-state index is 11.2. The summed E-state index contributed by atoms with van der Waals surface area (Å²) in [5, 5.41) is 11.2. The molecule has 2 aromatic rings. The first-order valence-electron chi connectivity index (χ1n) is 6.52. The van der Waals surface area contributed by atoms with Gasteiger partial charge >= 0.3 is 0 Å². The molecule has 0 aliphatic rings. The molecule has 6 heteroatoms. The summed E-state index contributed by atoms with van der Waals surface area (Å²) in [5.74, 6) is 0.951. The summed E-state index contributed by atoms with van der Waals surface area (Å²) in [4.78, 5) is 13.8. The smallest absolute Gasteiger partial charge is 0.264 e. The van der Waals surface area contributed by atoms with Crippen LogP contribution < -0.4 is 10.9 Å². The lowest BCUT2D eigenvalue weighted by Gasteiger charge is -1.99. The van der Waals surface area contributed by atoms with E-state index in [1.54, 1.807) is 12.1 Å². The Hall–Kier alpha value is -1.95. The van der Waals surface area contributed by atoms with E-state index in [4.69, 9.17) is 4.42 Å². The number of pyridine rings is 1. The van der Waals surface area contributed by atoms with Gasteiger partial charge in [0.1, 0.15) is 5.69 Å². The maximum Gasteiger partial charge on any atom is 0.264 e. The van der Waals surface area contributed by atoms with E-state index in [1.165, 1.54) is 6.07 Å². The molecular weight excluding hydrogens is 244 g/mol. The van der Waals surface area contributed by atoms with Gasteiger partial charge in [-0.05, 0) is 32.0 Å². The van der Waals surface area contributed by atoms with Gasteiger partial charge in [-0.2, -0.15) is 0 Å². The van der Waals surface area contributed by atoms with Crippen LogP contribution in [0.1, 0.15) is 25.7 Å². The van der Waals surface area contributed by atoms with E-state index in [1.807, 2.05) is 0 Å². The van der Waals surface area contributed by atoms with Gasteiger partial charge in [-0.1, -0.05) is 13.0 Å². The topological polar surface area (TPSA) is 83.8 Å². The van der Waals surface area contributed by atoms with Crippen LogP contribution >= 0.6 is 0 Å². The van der Waals surface area contributed by atoms with Gasteiger partial charge in [-0.3, -0.25) is 4.79 Å². The number of nitrogens with one attached hydrogen (secondary N) is 2. The predicted octanol–water partition coefficient (Wildman–Crippen LogP) is 1.36. The van der Waals surface area contributed by atoms with Gasteiger partial charge in [0, 0.05) is 12.5 Å². The summed E-state index contributed by atoms with van der Waals surface area (Å²) < 4.78 is 5.51. The molecule has 0 aliphatic carbocycles. The van der Waals surface area contributed by atoms with Crippen LogP contribution in [0.3, 0.4) is 0 Å². The summed E-state index contributed by atoms with van der Waals surface area (Å²) in [7, 11) is 0. The molecule has 0 saturated heterocycles. The Labute approximate surface area is 111 Å². The summed E-state index contributed by atoms with van der Waals surface area (Å²) in [6, 6.07) is 4.84. The zero-order chi connectivity index (χ0) is 13.5. The molecule has 0 amide bonds. The lowest BCUT2D eigenvalue weighted by atomic mass is 10.3. The van der Waals surface area contributed by atoms with Crippen LogP contribution in [0.5, 0.6) is 0 Å². The normalized spacial score (nSPS) is 10.8. The van der Waals surface area contributed by atoms with Crippen LogP contribution in [0.15, 0.2) is 27.4 Å². The van der Waals surface area contributed by atoms with Crippen LogP contribution in [0.2, 0.25) is 0 Å². The molecule has 2 aromatic heterocycles. The number of aromatic amines is 1. The first-order valence-corrected chi connectivity index (χ1v) is 6.52. The third-order valence-corrected chi connectivity index (χ3v) is 2.64. The largest absolute Gasteiger partial charge is 0.419 e. The zero-order valence-corrected chi connectivity index (χ0v) is 11.0.